The largest absolute Gasteiger partial charge is 0.358 e. The van der Waals surface area contributed by atoms with Gasteiger partial charge in [-0.25, -0.2) is 9.97 Å². The van der Waals surface area contributed by atoms with E-state index < -0.39 is 0 Å². The van der Waals surface area contributed by atoms with Crippen LogP contribution in [-0.2, 0) is 4.79 Å². The van der Waals surface area contributed by atoms with Crippen molar-refractivity contribution in [2.75, 3.05) is 31.6 Å². The molecule has 0 atom stereocenters. The summed E-state index contributed by atoms with van der Waals surface area (Å²) in [6.45, 7) is 2.87. The van der Waals surface area contributed by atoms with Gasteiger partial charge in [0.15, 0.2) is 0 Å². The second-order valence-corrected chi connectivity index (χ2v) is 9.58. The van der Waals surface area contributed by atoms with Crippen molar-refractivity contribution in [2.45, 2.75) is 37.6 Å². The molecular formula is C24H29N5OS. The molecule has 0 bridgehead atoms. The highest BCUT2D eigenvalue weighted by molar-refractivity contribution is 7.17. The van der Waals surface area contributed by atoms with Crippen LogP contribution in [0.3, 0.4) is 0 Å². The second-order valence-electron chi connectivity index (χ2n) is 8.72. The van der Waals surface area contributed by atoms with Crippen LogP contribution in [0.1, 0.15) is 32.1 Å². The minimum Gasteiger partial charge on any atom is -0.358 e. The fraction of sp³-hybridized carbons (Fsp3) is 0.458. The fourth-order valence-electron chi connectivity index (χ4n) is 4.87. The molecule has 1 amide bonds. The highest BCUT2D eigenvalue weighted by Crippen LogP contribution is 2.39. The monoisotopic (exact) mass is 435 g/mol. The highest BCUT2D eigenvalue weighted by atomic mass is 32.1. The third-order valence-electron chi connectivity index (χ3n) is 6.95. The van der Waals surface area contributed by atoms with E-state index in [2.05, 4.69) is 50.2 Å². The van der Waals surface area contributed by atoms with Crippen LogP contribution in [-0.4, -0.2) is 48.1 Å². The number of thiophene rings is 1. The lowest BCUT2D eigenvalue weighted by molar-refractivity contribution is -0.130. The van der Waals surface area contributed by atoms with E-state index >= 15 is 0 Å². The average molecular weight is 436 g/mol. The summed E-state index contributed by atoms with van der Waals surface area (Å²) in [6, 6.07) is 10.5. The summed E-state index contributed by atoms with van der Waals surface area (Å²) in [7, 11) is 1.74. The number of piperidine rings is 1. The fourth-order valence-corrected chi connectivity index (χ4v) is 5.78. The minimum atomic E-state index is -0.327. The minimum absolute atomic E-state index is 0.144. The molecule has 2 aliphatic rings. The van der Waals surface area contributed by atoms with Gasteiger partial charge in [0.1, 0.15) is 17.0 Å². The molecule has 7 heteroatoms. The van der Waals surface area contributed by atoms with Gasteiger partial charge in [-0.3, -0.25) is 4.79 Å². The molecule has 0 radical (unpaired) electrons. The summed E-state index contributed by atoms with van der Waals surface area (Å²) < 4.78 is 0. The first kappa shape index (κ1) is 20.4. The molecule has 1 saturated heterocycles. The molecule has 1 saturated carbocycles. The number of aromatic nitrogens is 2. The molecule has 3 heterocycles. The number of benzene rings is 1. The van der Waals surface area contributed by atoms with Crippen LogP contribution in [0.5, 0.6) is 0 Å². The molecule has 3 aromatic rings. The molecule has 2 aromatic heterocycles. The molecule has 162 valence electrons. The smallest absolute Gasteiger partial charge is 0.240 e. The molecule has 0 spiro atoms. The lowest BCUT2D eigenvalue weighted by Crippen LogP contribution is -2.61. The summed E-state index contributed by atoms with van der Waals surface area (Å²) in [5, 5.41) is 9.81. The van der Waals surface area contributed by atoms with E-state index in [0.29, 0.717) is 5.92 Å². The zero-order chi connectivity index (χ0) is 21.3. The van der Waals surface area contributed by atoms with Crippen molar-refractivity contribution in [2.24, 2.45) is 5.92 Å². The van der Waals surface area contributed by atoms with Crippen LogP contribution in [0.25, 0.3) is 21.3 Å². The predicted octanol–water partition coefficient (Wildman–Crippen LogP) is 3.83. The van der Waals surface area contributed by atoms with Gasteiger partial charge in [-0.2, -0.15) is 0 Å². The topological polar surface area (TPSA) is 70.2 Å². The van der Waals surface area contributed by atoms with E-state index in [4.69, 9.17) is 4.98 Å². The molecule has 2 N–H and O–H groups in total. The summed E-state index contributed by atoms with van der Waals surface area (Å²) in [5.41, 5.74) is 2.10. The number of carbonyl (C=O) groups is 1. The van der Waals surface area contributed by atoms with Crippen molar-refractivity contribution < 1.29 is 4.79 Å². The molecule has 0 unspecified atom stereocenters. The third-order valence-corrected chi connectivity index (χ3v) is 7.83. The Kier molecular flexibility index (Phi) is 5.63. The maximum absolute atomic E-state index is 12.3. The van der Waals surface area contributed by atoms with Crippen LogP contribution < -0.4 is 15.5 Å². The SMILES string of the molecule is CNC(=O)C1(NCC2CCN(c3ncnc4scc(-c5ccccc5)c34)CC2)CCC1. The Labute approximate surface area is 187 Å². The van der Waals surface area contributed by atoms with Crippen molar-refractivity contribution in [3.63, 3.8) is 0 Å². The number of nitrogens with one attached hydrogen (secondary N) is 2. The molecule has 2 fully saturated rings. The van der Waals surface area contributed by atoms with Gasteiger partial charge in [-0.15, -0.1) is 11.3 Å². The predicted molar refractivity (Wildman–Crippen MR) is 126 cm³/mol. The first-order valence-corrected chi connectivity index (χ1v) is 12.1. The zero-order valence-corrected chi connectivity index (χ0v) is 18.8. The van der Waals surface area contributed by atoms with Crippen LogP contribution >= 0.6 is 11.3 Å². The Hall–Kier alpha value is -2.51. The van der Waals surface area contributed by atoms with Crippen molar-refractivity contribution in [3.8, 4) is 11.1 Å². The molecular weight excluding hydrogens is 406 g/mol. The zero-order valence-electron chi connectivity index (χ0n) is 17.9. The van der Waals surface area contributed by atoms with E-state index in [1.807, 2.05) is 6.07 Å². The maximum atomic E-state index is 12.3. The van der Waals surface area contributed by atoms with E-state index in [0.717, 1.165) is 62.4 Å². The number of nitrogens with zero attached hydrogens (tertiary/aromatic N) is 3. The van der Waals surface area contributed by atoms with Gasteiger partial charge in [0.25, 0.3) is 0 Å². The standard InChI is InChI=1S/C24H29N5OS/c1-25-23(30)24(10-5-11-24)28-14-17-8-12-29(13-9-17)21-20-19(18-6-3-2-4-7-18)15-31-22(20)27-16-26-21/h2-4,6-7,15-17,28H,5,8-14H2,1H3,(H,25,30). The van der Waals surface area contributed by atoms with E-state index in [-0.39, 0.29) is 11.4 Å². The lowest BCUT2D eigenvalue weighted by atomic mass is 9.75. The van der Waals surface area contributed by atoms with Crippen molar-refractivity contribution in [1.29, 1.82) is 0 Å². The van der Waals surface area contributed by atoms with Gasteiger partial charge in [0, 0.05) is 31.1 Å². The van der Waals surface area contributed by atoms with Gasteiger partial charge >= 0.3 is 0 Å². The molecule has 1 aliphatic heterocycles. The first-order valence-electron chi connectivity index (χ1n) is 11.2. The number of anilines is 1. The highest BCUT2D eigenvalue weighted by Gasteiger charge is 2.43. The number of hydrogen-bond acceptors (Lipinski definition) is 6. The summed E-state index contributed by atoms with van der Waals surface area (Å²) >= 11 is 1.69. The van der Waals surface area contributed by atoms with Crippen molar-refractivity contribution in [1.82, 2.24) is 20.6 Å². The molecule has 31 heavy (non-hydrogen) atoms. The normalized spacial score (nSPS) is 18.7. The van der Waals surface area contributed by atoms with E-state index in [1.54, 1.807) is 24.7 Å². The number of amides is 1. The summed E-state index contributed by atoms with van der Waals surface area (Å²) in [4.78, 5) is 25.0. The van der Waals surface area contributed by atoms with Gasteiger partial charge < -0.3 is 15.5 Å². The molecule has 6 nitrogen and oxygen atoms in total. The van der Waals surface area contributed by atoms with Crippen LogP contribution in [0.4, 0.5) is 5.82 Å². The third kappa shape index (κ3) is 3.81. The van der Waals surface area contributed by atoms with Crippen LogP contribution in [0.15, 0.2) is 42.0 Å². The molecule has 1 aromatic carbocycles. The summed E-state index contributed by atoms with van der Waals surface area (Å²) in [5.74, 6) is 1.79. The number of hydrogen-bond donors (Lipinski definition) is 2. The Morgan fingerprint density at radius 2 is 1.97 bits per heavy atom. The Morgan fingerprint density at radius 1 is 1.19 bits per heavy atom. The van der Waals surface area contributed by atoms with Crippen LogP contribution in [0.2, 0.25) is 0 Å². The number of likely N-dealkylation sites (N-methyl/N-ethyl adjacent to an activating group) is 1. The van der Waals surface area contributed by atoms with Gasteiger partial charge in [-0.1, -0.05) is 30.3 Å². The summed E-state index contributed by atoms with van der Waals surface area (Å²) in [6.07, 6.45) is 6.93. The number of carbonyl (C=O) groups excluding carboxylic acids is 1. The van der Waals surface area contributed by atoms with Crippen LogP contribution in [0, 0.1) is 5.92 Å². The number of fused-ring (bicyclic) bond motifs is 1. The van der Waals surface area contributed by atoms with E-state index in [9.17, 15) is 4.79 Å². The number of rotatable bonds is 6. The maximum Gasteiger partial charge on any atom is 0.240 e. The van der Waals surface area contributed by atoms with Gasteiger partial charge in [0.05, 0.1) is 10.9 Å². The van der Waals surface area contributed by atoms with Gasteiger partial charge in [-0.05, 0) is 50.1 Å². The van der Waals surface area contributed by atoms with E-state index in [1.165, 1.54) is 16.5 Å². The first-order chi connectivity index (χ1) is 15.2. The lowest BCUT2D eigenvalue weighted by Gasteiger charge is -2.42. The Morgan fingerprint density at radius 3 is 2.65 bits per heavy atom. The Bertz CT molecular complexity index is 1050. The average Bonchev–Trinajstić information content (AvgIpc) is 3.23. The van der Waals surface area contributed by atoms with Crippen molar-refractivity contribution in [3.05, 3.63) is 42.0 Å². The quantitative estimate of drug-likeness (QED) is 0.616. The van der Waals surface area contributed by atoms with Crippen molar-refractivity contribution >= 4 is 33.3 Å². The second kappa shape index (κ2) is 8.55. The van der Waals surface area contributed by atoms with Gasteiger partial charge in [0.2, 0.25) is 5.91 Å². The molecule has 5 rings (SSSR count). The molecule has 1 aliphatic carbocycles. The Balaban J connectivity index is 1.29.